The first-order chi connectivity index (χ1) is 14.0. The molecule has 3 aromatic rings. The van der Waals surface area contributed by atoms with Gasteiger partial charge in [-0.1, -0.05) is 0 Å². The highest BCUT2D eigenvalue weighted by Crippen LogP contribution is 2.40. The van der Waals surface area contributed by atoms with E-state index in [0.717, 1.165) is 18.9 Å². The van der Waals surface area contributed by atoms with Crippen LogP contribution in [0.3, 0.4) is 0 Å². The molecule has 30 heavy (non-hydrogen) atoms. The predicted molar refractivity (Wildman–Crippen MR) is 106 cm³/mol. The van der Waals surface area contributed by atoms with Gasteiger partial charge in [-0.3, -0.25) is 4.98 Å². The van der Waals surface area contributed by atoms with Crippen molar-refractivity contribution in [3.63, 3.8) is 0 Å². The molecule has 0 saturated heterocycles. The summed E-state index contributed by atoms with van der Waals surface area (Å²) >= 11 is 0. The summed E-state index contributed by atoms with van der Waals surface area (Å²) in [5.74, 6) is 0.174. The van der Waals surface area contributed by atoms with E-state index in [4.69, 9.17) is 0 Å². The van der Waals surface area contributed by atoms with Crippen molar-refractivity contribution in [1.82, 2.24) is 15.2 Å². The Hall–Kier alpha value is -2.94. The Morgan fingerprint density at radius 1 is 1.07 bits per heavy atom. The fraction of sp³-hybridized carbons (Fsp3) is 0.381. The van der Waals surface area contributed by atoms with E-state index >= 15 is 0 Å². The maximum absolute atomic E-state index is 12.9. The van der Waals surface area contributed by atoms with Crippen molar-refractivity contribution in [2.75, 3.05) is 5.32 Å². The van der Waals surface area contributed by atoms with Crippen LogP contribution in [0.15, 0.2) is 36.7 Å². The Bertz CT molecular complexity index is 1090. The van der Waals surface area contributed by atoms with Gasteiger partial charge in [0.25, 0.3) is 0 Å². The van der Waals surface area contributed by atoms with Crippen LogP contribution in [0, 0.1) is 5.92 Å². The number of anilines is 1. The first-order valence-corrected chi connectivity index (χ1v) is 9.54. The van der Waals surface area contributed by atoms with Crippen molar-refractivity contribution in [3.05, 3.63) is 42.2 Å². The number of phenols is 1. The van der Waals surface area contributed by atoms with Crippen LogP contribution in [0.5, 0.6) is 5.75 Å². The summed E-state index contributed by atoms with van der Waals surface area (Å²) in [6, 6.07) is 4.59. The second-order valence-electron chi connectivity index (χ2n) is 8.21. The second kappa shape index (κ2) is 7.09. The van der Waals surface area contributed by atoms with Gasteiger partial charge in [0.05, 0.1) is 11.2 Å². The highest BCUT2D eigenvalue weighted by molar-refractivity contribution is 6.00. The minimum Gasteiger partial charge on any atom is -0.507 e. The summed E-state index contributed by atoms with van der Waals surface area (Å²) in [4.78, 5) is 4.12. The standard InChI is InChI=1S/C21H21F3N4O2/c1-20(2,30)12-7-13(8-12)26-19-16-10-25-6-5-14(16)18(27-28-19)15-4-3-11(9-17(15)29)21(22,23)24/h3-6,9-10,12-13,29-30H,7-8H2,1-2H3,(H,26,28)/t12-,13-. The maximum Gasteiger partial charge on any atom is 0.416 e. The highest BCUT2D eigenvalue weighted by Gasteiger charge is 2.39. The number of nitrogens with zero attached hydrogens (tertiary/aromatic N) is 3. The number of fused-ring (bicyclic) bond motifs is 1. The average Bonchev–Trinajstić information content (AvgIpc) is 2.62. The molecule has 0 amide bonds. The van der Waals surface area contributed by atoms with Crippen molar-refractivity contribution in [2.45, 2.75) is 44.5 Å². The summed E-state index contributed by atoms with van der Waals surface area (Å²) in [5.41, 5.74) is -1.25. The molecule has 1 saturated carbocycles. The number of pyridine rings is 1. The third-order valence-corrected chi connectivity index (χ3v) is 5.64. The van der Waals surface area contributed by atoms with E-state index in [9.17, 15) is 23.4 Å². The summed E-state index contributed by atoms with van der Waals surface area (Å²) in [7, 11) is 0. The number of aromatic nitrogens is 3. The number of benzene rings is 1. The van der Waals surface area contributed by atoms with Gasteiger partial charge in [-0.2, -0.15) is 13.2 Å². The normalized spacial score (nSPS) is 19.5. The summed E-state index contributed by atoms with van der Waals surface area (Å²) in [5, 5.41) is 33.3. The van der Waals surface area contributed by atoms with Crippen LogP contribution in [0.4, 0.5) is 19.0 Å². The Morgan fingerprint density at radius 2 is 1.80 bits per heavy atom. The predicted octanol–water partition coefficient (Wildman–Crippen LogP) is 4.38. The molecule has 1 fully saturated rings. The Morgan fingerprint density at radius 3 is 2.43 bits per heavy atom. The quantitative estimate of drug-likeness (QED) is 0.583. The molecule has 1 aromatic carbocycles. The molecule has 0 atom stereocenters. The van der Waals surface area contributed by atoms with Crippen molar-refractivity contribution < 1.29 is 23.4 Å². The Kier molecular flexibility index (Phi) is 4.80. The molecule has 0 unspecified atom stereocenters. The van der Waals surface area contributed by atoms with Crippen molar-refractivity contribution in [2.24, 2.45) is 5.92 Å². The van der Waals surface area contributed by atoms with E-state index in [1.54, 1.807) is 32.3 Å². The van der Waals surface area contributed by atoms with Gasteiger partial charge >= 0.3 is 6.18 Å². The molecule has 1 aliphatic carbocycles. The van der Waals surface area contributed by atoms with Gasteiger partial charge in [0.2, 0.25) is 0 Å². The smallest absolute Gasteiger partial charge is 0.416 e. The SMILES string of the molecule is CC(C)(O)[C@H]1C[C@H](Nc2nnc(-c3ccc(C(F)(F)F)cc3O)c3ccncc23)C1. The third kappa shape index (κ3) is 3.77. The first kappa shape index (κ1) is 20.3. The molecule has 6 nitrogen and oxygen atoms in total. The number of aliphatic hydroxyl groups is 1. The average molecular weight is 418 g/mol. The monoisotopic (exact) mass is 418 g/mol. The Balaban J connectivity index is 1.67. The second-order valence-corrected chi connectivity index (χ2v) is 8.21. The van der Waals surface area contributed by atoms with Crippen molar-refractivity contribution in [1.29, 1.82) is 0 Å². The van der Waals surface area contributed by atoms with Crippen LogP contribution >= 0.6 is 0 Å². The molecule has 158 valence electrons. The molecule has 4 rings (SSSR count). The number of aromatic hydroxyl groups is 1. The van der Waals surface area contributed by atoms with E-state index in [-0.39, 0.29) is 23.2 Å². The fourth-order valence-corrected chi connectivity index (χ4v) is 3.72. The number of halogens is 3. The van der Waals surface area contributed by atoms with E-state index in [1.165, 1.54) is 6.07 Å². The van der Waals surface area contributed by atoms with Gasteiger partial charge in [0.1, 0.15) is 11.4 Å². The molecule has 3 N–H and O–H groups in total. The first-order valence-electron chi connectivity index (χ1n) is 9.54. The van der Waals surface area contributed by atoms with Crippen LogP contribution in [0.25, 0.3) is 22.0 Å². The minimum atomic E-state index is -4.55. The van der Waals surface area contributed by atoms with E-state index in [0.29, 0.717) is 22.7 Å². The lowest BCUT2D eigenvalue weighted by molar-refractivity contribution is -0.137. The van der Waals surface area contributed by atoms with E-state index in [2.05, 4.69) is 20.5 Å². The number of hydrogen-bond acceptors (Lipinski definition) is 6. The third-order valence-electron chi connectivity index (χ3n) is 5.64. The molecule has 0 radical (unpaired) electrons. The molecule has 2 aromatic heterocycles. The molecule has 9 heteroatoms. The van der Waals surface area contributed by atoms with Crippen LogP contribution < -0.4 is 5.32 Å². The molecule has 0 aliphatic heterocycles. The number of hydrogen-bond donors (Lipinski definition) is 3. The fourth-order valence-electron chi connectivity index (χ4n) is 3.72. The Labute approximate surface area is 170 Å². The molecule has 1 aliphatic rings. The lowest BCUT2D eigenvalue weighted by Gasteiger charge is -2.43. The molecule has 2 heterocycles. The van der Waals surface area contributed by atoms with Gasteiger partial charge in [0.15, 0.2) is 5.82 Å². The molecule has 0 bridgehead atoms. The van der Waals surface area contributed by atoms with Crippen LogP contribution in [0.2, 0.25) is 0 Å². The number of alkyl halides is 3. The van der Waals surface area contributed by atoms with Crippen LogP contribution in [-0.2, 0) is 6.18 Å². The zero-order valence-electron chi connectivity index (χ0n) is 16.4. The van der Waals surface area contributed by atoms with Crippen LogP contribution in [0.1, 0.15) is 32.3 Å². The number of nitrogens with one attached hydrogen (secondary N) is 1. The van der Waals surface area contributed by atoms with Gasteiger partial charge in [-0.25, -0.2) is 0 Å². The summed E-state index contributed by atoms with van der Waals surface area (Å²) in [6.45, 7) is 3.58. The van der Waals surface area contributed by atoms with Gasteiger partial charge < -0.3 is 15.5 Å². The number of rotatable bonds is 4. The topological polar surface area (TPSA) is 91.2 Å². The highest BCUT2D eigenvalue weighted by atomic mass is 19.4. The minimum absolute atomic E-state index is 0.129. The van der Waals surface area contributed by atoms with E-state index < -0.39 is 23.1 Å². The zero-order valence-corrected chi connectivity index (χ0v) is 16.4. The molecular weight excluding hydrogens is 397 g/mol. The van der Waals surface area contributed by atoms with Crippen molar-refractivity contribution >= 4 is 16.6 Å². The lowest BCUT2D eigenvalue weighted by Crippen LogP contribution is -2.46. The molecule has 0 spiro atoms. The lowest BCUT2D eigenvalue weighted by atomic mass is 9.71. The zero-order chi connectivity index (χ0) is 21.7. The van der Waals surface area contributed by atoms with Crippen molar-refractivity contribution in [3.8, 4) is 17.0 Å². The van der Waals surface area contributed by atoms with Crippen LogP contribution in [-0.4, -0.2) is 37.0 Å². The number of phenolic OH excluding ortho intramolecular Hbond substituents is 1. The van der Waals surface area contributed by atoms with Gasteiger partial charge in [-0.15, -0.1) is 10.2 Å². The summed E-state index contributed by atoms with van der Waals surface area (Å²) < 4.78 is 38.7. The maximum atomic E-state index is 12.9. The molecular formula is C21H21F3N4O2. The largest absolute Gasteiger partial charge is 0.507 e. The van der Waals surface area contributed by atoms with Gasteiger partial charge in [0, 0.05) is 34.8 Å². The van der Waals surface area contributed by atoms with E-state index in [1.807, 2.05) is 0 Å². The van der Waals surface area contributed by atoms with Gasteiger partial charge in [-0.05, 0) is 56.9 Å². The summed E-state index contributed by atoms with van der Waals surface area (Å²) in [6.07, 6.45) is 0.170.